The second-order valence-electron chi connectivity index (χ2n) is 6.04. The first-order chi connectivity index (χ1) is 13.6. The SMILES string of the molecule is BrCC(Br)C(Br)(Br)Oc1cccc(Cc2cccc(OC(Br)(Br)C(Br)CBr)c2)c1. The van der Waals surface area contributed by atoms with E-state index in [4.69, 9.17) is 9.47 Å². The number of hydrogen-bond acceptors (Lipinski definition) is 2. The number of alkyl halides is 8. The van der Waals surface area contributed by atoms with Crippen LogP contribution in [-0.4, -0.2) is 27.2 Å². The summed E-state index contributed by atoms with van der Waals surface area (Å²) in [4.78, 5) is 0.0815. The van der Waals surface area contributed by atoms with E-state index >= 15 is 0 Å². The van der Waals surface area contributed by atoms with Crippen LogP contribution < -0.4 is 9.47 Å². The summed E-state index contributed by atoms with van der Waals surface area (Å²) in [5, 5.41) is 1.45. The first kappa shape index (κ1) is 27.1. The average Bonchev–Trinajstić information content (AvgIpc) is 2.66. The largest absolute Gasteiger partial charge is 0.465 e. The highest BCUT2D eigenvalue weighted by Gasteiger charge is 2.34. The van der Waals surface area contributed by atoms with Crippen molar-refractivity contribution in [3.05, 3.63) is 59.7 Å². The van der Waals surface area contributed by atoms with Gasteiger partial charge in [0.15, 0.2) is 0 Å². The summed E-state index contributed by atoms with van der Waals surface area (Å²) >= 11 is 28.4. The van der Waals surface area contributed by atoms with E-state index in [0.717, 1.165) is 39.7 Å². The number of ether oxygens (including phenoxy) is 2. The molecule has 10 heteroatoms. The van der Waals surface area contributed by atoms with Gasteiger partial charge in [-0.1, -0.05) is 88.0 Å². The van der Waals surface area contributed by atoms with Crippen molar-refractivity contribution in [1.82, 2.24) is 0 Å². The second-order valence-corrected chi connectivity index (χ2v) is 16.4. The molecular weight excluding hydrogens is 899 g/mol. The van der Waals surface area contributed by atoms with Crippen LogP contribution in [0.4, 0.5) is 0 Å². The maximum absolute atomic E-state index is 6.07. The Morgan fingerprint density at radius 3 is 1.41 bits per heavy atom. The summed E-state index contributed by atoms with van der Waals surface area (Å²) in [5.74, 6) is 1.54. The van der Waals surface area contributed by atoms with Crippen molar-refractivity contribution < 1.29 is 9.47 Å². The zero-order chi connectivity index (χ0) is 21.7. The van der Waals surface area contributed by atoms with E-state index in [-0.39, 0.29) is 9.65 Å². The van der Waals surface area contributed by atoms with Crippen molar-refractivity contribution in [3.8, 4) is 11.5 Å². The molecule has 29 heavy (non-hydrogen) atoms. The Balaban J connectivity index is 2.13. The summed E-state index contributed by atoms with van der Waals surface area (Å²) in [6.07, 6.45) is 0.760. The smallest absolute Gasteiger partial charge is 0.231 e. The standard InChI is InChI=1S/C19H16Br8O2/c20-10-16(22)18(24,25)28-14-5-1-3-12(8-14)7-13-4-2-6-15(9-13)29-19(26,27)17(23)11-21/h1-6,8-9,16-17H,7,10-11H2. The molecule has 0 heterocycles. The molecule has 2 aromatic carbocycles. The van der Waals surface area contributed by atoms with Crippen LogP contribution in [0.15, 0.2) is 48.5 Å². The molecular formula is C19H16Br8O2. The van der Waals surface area contributed by atoms with E-state index in [0.29, 0.717) is 0 Å². The summed E-state index contributed by atoms with van der Waals surface area (Å²) in [6, 6.07) is 16.1. The number of rotatable bonds is 10. The van der Waals surface area contributed by atoms with Crippen LogP contribution in [0.25, 0.3) is 0 Å². The highest BCUT2D eigenvalue weighted by Crippen LogP contribution is 2.39. The molecule has 2 unspecified atom stereocenters. The third-order valence-corrected chi connectivity index (χ3v) is 14.0. The molecule has 0 fully saturated rings. The topological polar surface area (TPSA) is 18.5 Å². The lowest BCUT2D eigenvalue weighted by molar-refractivity contribution is 0.274. The highest BCUT2D eigenvalue weighted by molar-refractivity contribution is 9.26. The molecule has 0 bridgehead atoms. The van der Waals surface area contributed by atoms with Crippen LogP contribution >= 0.6 is 127 Å². The van der Waals surface area contributed by atoms with Gasteiger partial charge >= 0.3 is 0 Å². The lowest BCUT2D eigenvalue weighted by atomic mass is 10.0. The van der Waals surface area contributed by atoms with Crippen molar-refractivity contribution in [1.29, 1.82) is 0 Å². The van der Waals surface area contributed by atoms with Gasteiger partial charge in [0, 0.05) is 10.7 Å². The Bertz CT molecular complexity index is 734. The molecule has 0 saturated carbocycles. The van der Waals surface area contributed by atoms with Crippen LogP contribution in [0.5, 0.6) is 11.5 Å². The van der Waals surface area contributed by atoms with Gasteiger partial charge in [-0.05, 0) is 106 Å². The molecule has 160 valence electrons. The zero-order valence-electron chi connectivity index (χ0n) is 14.7. The third-order valence-electron chi connectivity index (χ3n) is 3.71. The zero-order valence-corrected chi connectivity index (χ0v) is 27.4. The summed E-state index contributed by atoms with van der Waals surface area (Å²) in [5.41, 5.74) is 2.28. The molecule has 0 aliphatic rings. The fraction of sp³-hybridized carbons (Fsp3) is 0.368. The van der Waals surface area contributed by atoms with E-state index in [9.17, 15) is 0 Å². The third kappa shape index (κ3) is 8.63. The van der Waals surface area contributed by atoms with E-state index < -0.39 is 6.84 Å². The van der Waals surface area contributed by atoms with Gasteiger partial charge in [-0.2, -0.15) is 0 Å². The molecule has 0 amide bonds. The molecule has 0 spiro atoms. The lowest BCUT2D eigenvalue weighted by Crippen LogP contribution is -2.32. The van der Waals surface area contributed by atoms with Gasteiger partial charge in [0.2, 0.25) is 6.84 Å². The number of benzene rings is 2. The summed E-state index contributed by atoms with van der Waals surface area (Å²) in [7, 11) is 0. The van der Waals surface area contributed by atoms with Gasteiger partial charge < -0.3 is 9.47 Å². The van der Waals surface area contributed by atoms with Crippen LogP contribution in [-0.2, 0) is 6.42 Å². The Kier molecular flexibility index (Phi) is 11.6. The van der Waals surface area contributed by atoms with E-state index in [2.05, 4.69) is 140 Å². The van der Waals surface area contributed by atoms with Crippen molar-refractivity contribution in [3.63, 3.8) is 0 Å². The predicted molar refractivity (Wildman–Crippen MR) is 151 cm³/mol. The first-order valence-electron chi connectivity index (χ1n) is 8.29. The van der Waals surface area contributed by atoms with Crippen LogP contribution in [0.3, 0.4) is 0 Å². The quantitative estimate of drug-likeness (QED) is 0.222. The minimum Gasteiger partial charge on any atom is -0.465 e. The van der Waals surface area contributed by atoms with E-state index in [1.807, 2.05) is 36.4 Å². The Morgan fingerprint density at radius 2 is 1.07 bits per heavy atom. The maximum atomic E-state index is 6.07. The second kappa shape index (κ2) is 12.4. The molecule has 0 aliphatic carbocycles. The summed E-state index contributed by atoms with van der Waals surface area (Å²) < 4.78 is 10.7. The molecule has 0 radical (unpaired) electrons. The molecule has 0 saturated heterocycles. The Morgan fingerprint density at radius 1 is 0.690 bits per heavy atom. The number of halogens is 8. The predicted octanol–water partition coefficient (Wildman–Crippen LogP) is 9.24. The molecule has 0 aliphatic heterocycles. The minimum atomic E-state index is -0.702. The maximum Gasteiger partial charge on any atom is 0.231 e. The fourth-order valence-corrected chi connectivity index (χ4v) is 6.53. The van der Waals surface area contributed by atoms with Crippen molar-refractivity contribution in [2.24, 2.45) is 0 Å². The fourth-order valence-electron chi connectivity index (χ4n) is 2.30. The van der Waals surface area contributed by atoms with Crippen molar-refractivity contribution >= 4 is 127 Å². The van der Waals surface area contributed by atoms with Crippen LogP contribution in [0.1, 0.15) is 11.1 Å². The van der Waals surface area contributed by atoms with Crippen LogP contribution in [0, 0.1) is 0 Å². The van der Waals surface area contributed by atoms with Crippen LogP contribution in [0.2, 0.25) is 0 Å². The molecule has 2 atom stereocenters. The Labute approximate surface area is 238 Å². The molecule has 0 aromatic heterocycles. The normalized spacial score (nSPS) is 14.3. The number of hydrogen-bond donors (Lipinski definition) is 0. The average molecular weight is 916 g/mol. The minimum absolute atomic E-state index is 0.0408. The van der Waals surface area contributed by atoms with Crippen molar-refractivity contribution in [2.45, 2.75) is 22.9 Å². The lowest BCUT2D eigenvalue weighted by Gasteiger charge is -2.26. The van der Waals surface area contributed by atoms with Gasteiger partial charge in [-0.3, -0.25) is 0 Å². The van der Waals surface area contributed by atoms with E-state index in [1.165, 1.54) is 0 Å². The van der Waals surface area contributed by atoms with Gasteiger partial charge in [0.05, 0.1) is 9.65 Å². The Hall–Kier alpha value is 1.88. The monoisotopic (exact) mass is 907 g/mol. The van der Waals surface area contributed by atoms with E-state index in [1.54, 1.807) is 0 Å². The van der Waals surface area contributed by atoms with Gasteiger partial charge in [-0.15, -0.1) is 0 Å². The molecule has 2 aromatic rings. The highest BCUT2D eigenvalue weighted by atomic mass is 79.9. The summed E-state index contributed by atoms with van der Waals surface area (Å²) in [6.45, 7) is 0. The molecule has 0 N–H and O–H groups in total. The van der Waals surface area contributed by atoms with Gasteiger partial charge in [0.1, 0.15) is 11.5 Å². The van der Waals surface area contributed by atoms with Gasteiger partial charge in [0.25, 0.3) is 0 Å². The molecule has 2 nitrogen and oxygen atoms in total. The molecule has 2 rings (SSSR count). The van der Waals surface area contributed by atoms with Crippen molar-refractivity contribution in [2.75, 3.05) is 10.7 Å². The van der Waals surface area contributed by atoms with Gasteiger partial charge in [-0.25, -0.2) is 0 Å². The first-order valence-corrected chi connectivity index (χ1v) is 15.5.